The number of fused-ring (bicyclic) bond motifs is 1. The minimum atomic E-state index is 0.303. The first kappa shape index (κ1) is 7.44. The highest BCUT2D eigenvalue weighted by Crippen LogP contribution is 2.34. The van der Waals surface area contributed by atoms with Gasteiger partial charge in [0.05, 0.1) is 0 Å². The van der Waals surface area contributed by atoms with Crippen molar-refractivity contribution in [2.75, 3.05) is 6.79 Å². The van der Waals surface area contributed by atoms with Gasteiger partial charge in [-0.2, -0.15) is 0 Å². The zero-order valence-corrected chi connectivity index (χ0v) is 7.36. The highest BCUT2D eigenvalue weighted by molar-refractivity contribution is 5.61. The van der Waals surface area contributed by atoms with Crippen LogP contribution in [0.25, 0.3) is 11.4 Å². The maximum atomic E-state index is 5.27. The molecule has 0 saturated carbocycles. The Bertz CT molecular complexity index is 451. The summed E-state index contributed by atoms with van der Waals surface area (Å²) in [5.74, 6) is 2.41. The number of imidazole rings is 1. The lowest BCUT2D eigenvalue weighted by molar-refractivity contribution is 0.174. The van der Waals surface area contributed by atoms with Gasteiger partial charge in [-0.15, -0.1) is 0 Å². The summed E-state index contributed by atoms with van der Waals surface area (Å²) >= 11 is 0. The smallest absolute Gasteiger partial charge is 0.231 e. The molecule has 0 bridgehead atoms. The fourth-order valence-electron chi connectivity index (χ4n) is 1.47. The van der Waals surface area contributed by atoms with Gasteiger partial charge in [-0.05, 0) is 18.2 Å². The van der Waals surface area contributed by atoms with Crippen molar-refractivity contribution in [3.63, 3.8) is 0 Å². The minimum Gasteiger partial charge on any atom is -0.454 e. The maximum absolute atomic E-state index is 5.27. The van der Waals surface area contributed by atoms with E-state index in [0.717, 1.165) is 22.9 Å². The van der Waals surface area contributed by atoms with Gasteiger partial charge in [0, 0.05) is 18.0 Å². The molecule has 3 rings (SSSR count). The first-order valence-corrected chi connectivity index (χ1v) is 4.33. The van der Waals surface area contributed by atoms with Crippen molar-refractivity contribution in [3.8, 4) is 22.9 Å². The molecule has 4 nitrogen and oxygen atoms in total. The summed E-state index contributed by atoms with van der Waals surface area (Å²) in [6.07, 6.45) is 3.51. The van der Waals surface area contributed by atoms with E-state index in [1.807, 2.05) is 18.2 Å². The lowest BCUT2D eigenvalue weighted by Gasteiger charge is -1.98. The molecule has 70 valence electrons. The van der Waals surface area contributed by atoms with Crippen LogP contribution in [0.1, 0.15) is 0 Å². The van der Waals surface area contributed by atoms with Crippen LogP contribution in [0.5, 0.6) is 11.5 Å². The molecule has 0 aliphatic carbocycles. The summed E-state index contributed by atoms with van der Waals surface area (Å²) in [6.45, 7) is 0.303. The van der Waals surface area contributed by atoms with Crippen LogP contribution in [-0.2, 0) is 0 Å². The van der Waals surface area contributed by atoms with Crippen LogP contribution in [0.3, 0.4) is 0 Å². The summed E-state index contributed by atoms with van der Waals surface area (Å²) in [5, 5.41) is 0. The van der Waals surface area contributed by atoms with Crippen molar-refractivity contribution in [2.45, 2.75) is 0 Å². The van der Waals surface area contributed by atoms with Gasteiger partial charge in [0.2, 0.25) is 6.79 Å². The van der Waals surface area contributed by atoms with Crippen LogP contribution in [-0.4, -0.2) is 16.8 Å². The number of aromatic amines is 1. The number of hydrogen-bond acceptors (Lipinski definition) is 3. The van der Waals surface area contributed by atoms with E-state index in [9.17, 15) is 0 Å². The standard InChI is InChI=1S/C10H8N2O2/c1-2-8-9(14-6-13-8)5-7(1)10-11-3-4-12-10/h1-5H,6H2,(H,11,12). The number of benzene rings is 1. The van der Waals surface area contributed by atoms with Crippen LogP contribution in [0, 0.1) is 0 Å². The Kier molecular flexibility index (Phi) is 1.47. The average Bonchev–Trinajstić information content (AvgIpc) is 2.88. The van der Waals surface area contributed by atoms with Gasteiger partial charge in [0.25, 0.3) is 0 Å². The Balaban J connectivity index is 2.09. The molecular weight excluding hydrogens is 180 g/mol. The number of rotatable bonds is 1. The SMILES string of the molecule is c1c[nH]c(-c2ccc3c(c2)OCO3)n1. The van der Waals surface area contributed by atoms with Crippen LogP contribution in [0.15, 0.2) is 30.6 Å². The zero-order valence-electron chi connectivity index (χ0n) is 7.36. The molecule has 0 unspecified atom stereocenters. The van der Waals surface area contributed by atoms with Gasteiger partial charge in [-0.1, -0.05) is 0 Å². The molecule has 14 heavy (non-hydrogen) atoms. The van der Waals surface area contributed by atoms with E-state index in [1.54, 1.807) is 12.4 Å². The number of H-pyrrole nitrogens is 1. The molecular formula is C10H8N2O2. The van der Waals surface area contributed by atoms with Gasteiger partial charge in [-0.3, -0.25) is 0 Å². The fourth-order valence-corrected chi connectivity index (χ4v) is 1.47. The molecule has 0 spiro atoms. The molecule has 0 radical (unpaired) electrons. The normalized spacial score (nSPS) is 13.1. The largest absolute Gasteiger partial charge is 0.454 e. The fraction of sp³-hybridized carbons (Fsp3) is 0.100. The third kappa shape index (κ3) is 1.04. The quantitative estimate of drug-likeness (QED) is 0.742. The van der Waals surface area contributed by atoms with Gasteiger partial charge >= 0.3 is 0 Å². The summed E-state index contributed by atoms with van der Waals surface area (Å²) in [5.41, 5.74) is 0.999. The Morgan fingerprint density at radius 1 is 1.21 bits per heavy atom. The molecule has 1 aliphatic rings. The third-order valence-corrected chi connectivity index (χ3v) is 2.14. The van der Waals surface area contributed by atoms with Crippen LogP contribution >= 0.6 is 0 Å². The molecule has 2 heterocycles. The second-order valence-electron chi connectivity index (χ2n) is 3.01. The second-order valence-corrected chi connectivity index (χ2v) is 3.01. The van der Waals surface area contributed by atoms with Crippen molar-refractivity contribution in [1.29, 1.82) is 0 Å². The van der Waals surface area contributed by atoms with E-state index in [2.05, 4.69) is 9.97 Å². The number of nitrogens with one attached hydrogen (secondary N) is 1. The van der Waals surface area contributed by atoms with E-state index in [0.29, 0.717) is 6.79 Å². The summed E-state index contributed by atoms with van der Waals surface area (Å²) in [7, 11) is 0. The van der Waals surface area contributed by atoms with Gasteiger partial charge in [-0.25, -0.2) is 4.98 Å². The first-order chi connectivity index (χ1) is 6.93. The van der Waals surface area contributed by atoms with Crippen molar-refractivity contribution in [2.24, 2.45) is 0 Å². The second kappa shape index (κ2) is 2.77. The number of ether oxygens (including phenoxy) is 2. The first-order valence-electron chi connectivity index (χ1n) is 4.33. The lowest BCUT2D eigenvalue weighted by Crippen LogP contribution is -1.92. The van der Waals surface area contributed by atoms with E-state index < -0.39 is 0 Å². The molecule has 0 fully saturated rings. The Labute approximate surface area is 80.5 Å². The van der Waals surface area contributed by atoms with Crippen molar-refractivity contribution in [1.82, 2.24) is 9.97 Å². The van der Waals surface area contributed by atoms with Crippen LogP contribution in [0.4, 0.5) is 0 Å². The van der Waals surface area contributed by atoms with E-state index in [1.165, 1.54) is 0 Å². The van der Waals surface area contributed by atoms with Crippen molar-refractivity contribution >= 4 is 0 Å². The van der Waals surface area contributed by atoms with E-state index in [-0.39, 0.29) is 0 Å². The highest BCUT2D eigenvalue weighted by atomic mass is 16.7. The van der Waals surface area contributed by atoms with Crippen LogP contribution < -0.4 is 9.47 Å². The highest BCUT2D eigenvalue weighted by Gasteiger charge is 2.14. The van der Waals surface area contributed by atoms with E-state index >= 15 is 0 Å². The zero-order chi connectivity index (χ0) is 9.38. The molecule has 0 saturated heterocycles. The Morgan fingerprint density at radius 2 is 2.14 bits per heavy atom. The molecule has 1 N–H and O–H groups in total. The number of nitrogens with zero attached hydrogens (tertiary/aromatic N) is 1. The maximum Gasteiger partial charge on any atom is 0.231 e. The predicted octanol–water partition coefficient (Wildman–Crippen LogP) is 1.81. The lowest BCUT2D eigenvalue weighted by atomic mass is 10.2. The third-order valence-electron chi connectivity index (χ3n) is 2.14. The van der Waals surface area contributed by atoms with Crippen molar-refractivity contribution in [3.05, 3.63) is 30.6 Å². The Hall–Kier alpha value is -1.97. The Morgan fingerprint density at radius 3 is 3.00 bits per heavy atom. The summed E-state index contributed by atoms with van der Waals surface area (Å²) in [6, 6.07) is 5.76. The topological polar surface area (TPSA) is 47.1 Å². The number of aromatic nitrogens is 2. The van der Waals surface area contributed by atoms with Gasteiger partial charge < -0.3 is 14.5 Å². The van der Waals surface area contributed by atoms with Gasteiger partial charge in [0.15, 0.2) is 11.5 Å². The predicted molar refractivity (Wildman–Crippen MR) is 50.1 cm³/mol. The minimum absolute atomic E-state index is 0.303. The van der Waals surface area contributed by atoms with Crippen molar-refractivity contribution < 1.29 is 9.47 Å². The van der Waals surface area contributed by atoms with Crippen LogP contribution in [0.2, 0.25) is 0 Å². The number of hydrogen-bond donors (Lipinski definition) is 1. The summed E-state index contributed by atoms with van der Waals surface area (Å²) in [4.78, 5) is 7.20. The average molecular weight is 188 g/mol. The summed E-state index contributed by atoms with van der Waals surface area (Å²) < 4.78 is 10.5. The molecule has 4 heteroatoms. The monoisotopic (exact) mass is 188 g/mol. The molecule has 1 aromatic heterocycles. The van der Waals surface area contributed by atoms with E-state index in [4.69, 9.17) is 9.47 Å². The molecule has 2 aromatic rings. The van der Waals surface area contributed by atoms with Gasteiger partial charge in [0.1, 0.15) is 5.82 Å². The molecule has 1 aliphatic heterocycles. The molecule has 0 amide bonds. The molecule has 1 aromatic carbocycles. The molecule has 0 atom stereocenters.